The first-order valence-electron chi connectivity index (χ1n) is 5.13. The number of hydrogen-bond acceptors (Lipinski definition) is 4. The molecule has 92 valence electrons. The summed E-state index contributed by atoms with van der Waals surface area (Å²) in [5.41, 5.74) is 0.281. The van der Waals surface area contributed by atoms with Gasteiger partial charge in [0, 0.05) is 12.4 Å². The molecule has 1 heterocycles. The van der Waals surface area contributed by atoms with Crippen molar-refractivity contribution in [3.8, 4) is 11.6 Å². The molecule has 1 aromatic heterocycles. The molecule has 0 fully saturated rings. The van der Waals surface area contributed by atoms with Gasteiger partial charge in [0.25, 0.3) is 5.88 Å². The Hall–Kier alpha value is -2.63. The molecule has 6 nitrogen and oxygen atoms in total. The predicted molar refractivity (Wildman–Crippen MR) is 63.1 cm³/mol. The molecule has 0 unspecified atom stereocenters. The molecule has 0 aliphatic carbocycles. The number of carboxylic acids is 1. The fourth-order valence-corrected chi connectivity index (χ4v) is 1.41. The second kappa shape index (κ2) is 4.70. The van der Waals surface area contributed by atoms with Gasteiger partial charge in [0.05, 0.1) is 0 Å². The van der Waals surface area contributed by atoms with Crippen LogP contribution < -0.4 is 10.3 Å². The second-order valence-corrected chi connectivity index (χ2v) is 3.63. The van der Waals surface area contributed by atoms with Gasteiger partial charge in [0.2, 0.25) is 0 Å². The van der Waals surface area contributed by atoms with Crippen LogP contribution in [0.15, 0.2) is 35.4 Å². The molecule has 0 aliphatic rings. The van der Waals surface area contributed by atoms with Crippen molar-refractivity contribution in [2.45, 2.75) is 6.92 Å². The SMILES string of the molecule is Cc1ccc(C(=O)O)c(Oc2ncc[nH]c2=O)c1. The predicted octanol–water partition coefficient (Wildman–Crippen LogP) is 1.57. The Balaban J connectivity index is 2.46. The zero-order chi connectivity index (χ0) is 13.1. The van der Waals surface area contributed by atoms with E-state index in [9.17, 15) is 9.59 Å². The van der Waals surface area contributed by atoms with Gasteiger partial charge in [-0.15, -0.1) is 0 Å². The number of aromatic carboxylic acids is 1. The van der Waals surface area contributed by atoms with Crippen molar-refractivity contribution in [2.75, 3.05) is 0 Å². The van der Waals surface area contributed by atoms with Crippen LogP contribution in [-0.2, 0) is 0 Å². The van der Waals surface area contributed by atoms with Crippen LogP contribution >= 0.6 is 0 Å². The largest absolute Gasteiger partial charge is 0.478 e. The Labute approximate surface area is 102 Å². The molecule has 0 radical (unpaired) electrons. The Morgan fingerprint density at radius 2 is 2.22 bits per heavy atom. The van der Waals surface area contributed by atoms with Crippen LogP contribution in [0.4, 0.5) is 0 Å². The van der Waals surface area contributed by atoms with Crippen molar-refractivity contribution in [2.24, 2.45) is 0 Å². The van der Waals surface area contributed by atoms with E-state index in [1.807, 2.05) is 0 Å². The minimum atomic E-state index is -1.13. The van der Waals surface area contributed by atoms with E-state index >= 15 is 0 Å². The number of carboxylic acid groups (broad SMARTS) is 1. The number of aromatic amines is 1. The zero-order valence-electron chi connectivity index (χ0n) is 9.51. The van der Waals surface area contributed by atoms with Crippen molar-refractivity contribution >= 4 is 5.97 Å². The fourth-order valence-electron chi connectivity index (χ4n) is 1.41. The molecule has 0 amide bonds. The molecule has 0 saturated carbocycles. The summed E-state index contributed by atoms with van der Waals surface area (Å²) in [6.45, 7) is 1.79. The molecule has 0 atom stereocenters. The summed E-state index contributed by atoms with van der Waals surface area (Å²) in [4.78, 5) is 28.6. The minimum absolute atomic E-state index is 0.0225. The van der Waals surface area contributed by atoms with Crippen LogP contribution in [0.2, 0.25) is 0 Å². The highest BCUT2D eigenvalue weighted by Gasteiger charge is 2.13. The molecule has 2 aromatic rings. The van der Waals surface area contributed by atoms with Gasteiger partial charge in [-0.25, -0.2) is 9.78 Å². The van der Waals surface area contributed by atoms with Gasteiger partial charge < -0.3 is 14.8 Å². The normalized spacial score (nSPS) is 10.1. The number of aromatic nitrogens is 2. The Bertz CT molecular complexity index is 649. The van der Waals surface area contributed by atoms with Crippen molar-refractivity contribution in [3.63, 3.8) is 0 Å². The lowest BCUT2D eigenvalue weighted by Gasteiger charge is -2.07. The molecule has 2 N–H and O–H groups in total. The molecule has 18 heavy (non-hydrogen) atoms. The zero-order valence-corrected chi connectivity index (χ0v) is 9.51. The monoisotopic (exact) mass is 246 g/mol. The van der Waals surface area contributed by atoms with Gasteiger partial charge in [-0.05, 0) is 24.6 Å². The van der Waals surface area contributed by atoms with E-state index in [0.717, 1.165) is 5.56 Å². The Morgan fingerprint density at radius 3 is 2.89 bits per heavy atom. The van der Waals surface area contributed by atoms with E-state index in [1.165, 1.54) is 24.5 Å². The summed E-state index contributed by atoms with van der Waals surface area (Å²) in [5.74, 6) is -1.23. The third kappa shape index (κ3) is 2.37. The van der Waals surface area contributed by atoms with Crippen molar-refractivity contribution in [1.82, 2.24) is 9.97 Å². The first-order chi connectivity index (χ1) is 8.58. The smallest absolute Gasteiger partial charge is 0.339 e. The van der Waals surface area contributed by atoms with Crippen LogP contribution in [-0.4, -0.2) is 21.0 Å². The molecule has 0 saturated heterocycles. The summed E-state index contributed by atoms with van der Waals surface area (Å²) >= 11 is 0. The first-order valence-corrected chi connectivity index (χ1v) is 5.13. The molecule has 2 rings (SSSR count). The van der Waals surface area contributed by atoms with Crippen molar-refractivity contribution in [3.05, 3.63) is 52.1 Å². The van der Waals surface area contributed by atoms with E-state index in [1.54, 1.807) is 13.0 Å². The fraction of sp³-hybridized carbons (Fsp3) is 0.0833. The number of nitrogens with zero attached hydrogens (tertiary/aromatic N) is 1. The molecule has 0 bridgehead atoms. The lowest BCUT2D eigenvalue weighted by Crippen LogP contribution is -2.11. The maximum absolute atomic E-state index is 11.4. The summed E-state index contributed by atoms with van der Waals surface area (Å²) in [7, 11) is 0. The van der Waals surface area contributed by atoms with Gasteiger partial charge in [-0.3, -0.25) is 4.79 Å². The van der Waals surface area contributed by atoms with Crippen LogP contribution in [0.1, 0.15) is 15.9 Å². The molecule has 0 aliphatic heterocycles. The van der Waals surface area contributed by atoms with E-state index in [2.05, 4.69) is 9.97 Å². The first kappa shape index (κ1) is 11.8. The lowest BCUT2D eigenvalue weighted by atomic mass is 10.1. The maximum Gasteiger partial charge on any atom is 0.339 e. The highest BCUT2D eigenvalue weighted by Crippen LogP contribution is 2.23. The van der Waals surface area contributed by atoms with Crippen LogP contribution in [0, 0.1) is 6.92 Å². The summed E-state index contributed by atoms with van der Waals surface area (Å²) in [6, 6.07) is 4.61. The number of nitrogens with one attached hydrogen (secondary N) is 1. The molecule has 0 spiro atoms. The number of H-pyrrole nitrogens is 1. The number of aryl methyl sites for hydroxylation is 1. The number of ether oxygens (including phenoxy) is 1. The van der Waals surface area contributed by atoms with E-state index < -0.39 is 11.5 Å². The number of rotatable bonds is 3. The lowest BCUT2D eigenvalue weighted by molar-refractivity contribution is 0.0694. The average Bonchev–Trinajstić information content (AvgIpc) is 2.32. The topological polar surface area (TPSA) is 92.3 Å². The summed E-state index contributed by atoms with van der Waals surface area (Å²) < 4.78 is 5.25. The van der Waals surface area contributed by atoms with Gasteiger partial charge in [-0.2, -0.15) is 0 Å². The highest BCUT2D eigenvalue weighted by atomic mass is 16.5. The number of hydrogen-bond donors (Lipinski definition) is 2. The third-order valence-corrected chi connectivity index (χ3v) is 2.25. The summed E-state index contributed by atoms with van der Waals surface area (Å²) in [5, 5.41) is 9.02. The van der Waals surface area contributed by atoms with Gasteiger partial charge >= 0.3 is 11.5 Å². The molecule has 6 heteroatoms. The van der Waals surface area contributed by atoms with E-state index in [0.29, 0.717) is 0 Å². The van der Waals surface area contributed by atoms with Gasteiger partial charge in [0.1, 0.15) is 11.3 Å². The minimum Gasteiger partial charge on any atom is -0.478 e. The summed E-state index contributed by atoms with van der Waals surface area (Å²) in [6.07, 6.45) is 2.72. The van der Waals surface area contributed by atoms with Crippen LogP contribution in [0.5, 0.6) is 11.6 Å². The standard InChI is InChI=1S/C12H10N2O4/c1-7-2-3-8(12(16)17)9(6-7)18-11-10(15)13-4-5-14-11/h2-6H,1H3,(H,13,15)(H,16,17). The van der Waals surface area contributed by atoms with Crippen LogP contribution in [0.25, 0.3) is 0 Å². The van der Waals surface area contributed by atoms with Gasteiger partial charge in [0.15, 0.2) is 0 Å². The molecular weight excluding hydrogens is 236 g/mol. The van der Waals surface area contributed by atoms with E-state index in [-0.39, 0.29) is 17.2 Å². The second-order valence-electron chi connectivity index (χ2n) is 3.63. The molecular formula is C12H10N2O4. The van der Waals surface area contributed by atoms with Crippen molar-refractivity contribution in [1.29, 1.82) is 0 Å². The van der Waals surface area contributed by atoms with Crippen molar-refractivity contribution < 1.29 is 14.6 Å². The van der Waals surface area contributed by atoms with E-state index in [4.69, 9.17) is 9.84 Å². The van der Waals surface area contributed by atoms with Crippen LogP contribution in [0.3, 0.4) is 0 Å². The third-order valence-electron chi connectivity index (χ3n) is 2.25. The number of carbonyl (C=O) groups is 1. The average molecular weight is 246 g/mol. The van der Waals surface area contributed by atoms with Gasteiger partial charge in [-0.1, -0.05) is 6.07 Å². The number of benzene rings is 1. The Kier molecular flexibility index (Phi) is 3.09. The maximum atomic E-state index is 11.4. The Morgan fingerprint density at radius 1 is 1.44 bits per heavy atom. The quantitative estimate of drug-likeness (QED) is 0.857. The molecule has 1 aromatic carbocycles. The highest BCUT2D eigenvalue weighted by molar-refractivity contribution is 5.91.